The third-order valence-electron chi connectivity index (χ3n) is 5.53. The van der Waals surface area contributed by atoms with Crippen LogP contribution in [0.2, 0.25) is 0 Å². The second kappa shape index (κ2) is 6.85. The summed E-state index contributed by atoms with van der Waals surface area (Å²) < 4.78 is 0. The van der Waals surface area contributed by atoms with Gasteiger partial charge in [-0.05, 0) is 34.9 Å². The quantitative estimate of drug-likeness (QED) is 0.667. The maximum Gasteiger partial charge on any atom is 0.327 e. The first-order chi connectivity index (χ1) is 13.8. The Hall–Kier alpha value is -3.47. The number of benzene rings is 3. The molecule has 0 aliphatic carbocycles. The maximum absolute atomic E-state index is 12.9. The molecular weight excluding hydrogens is 366 g/mol. The first kappa shape index (κ1) is 18.9. The molecule has 1 aliphatic rings. The van der Waals surface area contributed by atoms with Crippen molar-refractivity contribution in [1.82, 2.24) is 4.90 Å². The van der Waals surface area contributed by atoms with Crippen LogP contribution in [0.1, 0.15) is 40.1 Å². The Kier molecular flexibility index (Phi) is 4.46. The van der Waals surface area contributed by atoms with Gasteiger partial charge in [0.1, 0.15) is 6.04 Å². The topological polar surface area (TPSA) is 74.7 Å². The number of hydrogen-bond acceptors (Lipinski definition) is 3. The predicted molar refractivity (Wildman–Crippen MR) is 110 cm³/mol. The Morgan fingerprint density at radius 2 is 1.45 bits per heavy atom. The minimum Gasteiger partial charge on any atom is -0.480 e. The van der Waals surface area contributed by atoms with Gasteiger partial charge in [-0.2, -0.15) is 0 Å². The molecule has 1 atom stereocenters. The Morgan fingerprint density at radius 3 is 2.03 bits per heavy atom. The Labute approximate surface area is 168 Å². The van der Waals surface area contributed by atoms with Crippen LogP contribution in [-0.4, -0.2) is 33.8 Å². The van der Waals surface area contributed by atoms with Crippen molar-refractivity contribution in [1.29, 1.82) is 0 Å². The highest BCUT2D eigenvalue weighted by atomic mass is 16.4. The van der Waals surface area contributed by atoms with Crippen LogP contribution in [0, 0.1) is 5.41 Å². The lowest BCUT2D eigenvalue weighted by atomic mass is 9.77. The van der Waals surface area contributed by atoms with Crippen LogP contribution in [0.25, 0.3) is 10.8 Å². The Morgan fingerprint density at radius 1 is 0.897 bits per heavy atom. The van der Waals surface area contributed by atoms with Crippen molar-refractivity contribution in [2.75, 3.05) is 0 Å². The molecule has 1 aliphatic heterocycles. The maximum atomic E-state index is 12.9. The molecule has 3 aromatic rings. The summed E-state index contributed by atoms with van der Waals surface area (Å²) in [5, 5.41) is 12.2. The van der Waals surface area contributed by atoms with Crippen molar-refractivity contribution >= 4 is 28.6 Å². The summed E-state index contributed by atoms with van der Waals surface area (Å²) >= 11 is 0. The number of fused-ring (bicyclic) bond motifs is 2. The van der Waals surface area contributed by atoms with E-state index in [1.807, 2.05) is 42.5 Å². The molecule has 0 saturated carbocycles. The molecule has 0 bridgehead atoms. The molecule has 3 aromatic carbocycles. The second-order valence-electron chi connectivity index (χ2n) is 8.11. The fourth-order valence-electron chi connectivity index (χ4n) is 4.21. The van der Waals surface area contributed by atoms with Gasteiger partial charge < -0.3 is 5.11 Å². The van der Waals surface area contributed by atoms with E-state index in [1.54, 1.807) is 38.1 Å². The van der Waals surface area contributed by atoms with Crippen LogP contribution >= 0.6 is 0 Å². The van der Waals surface area contributed by atoms with Gasteiger partial charge in [0.2, 0.25) is 0 Å². The summed E-state index contributed by atoms with van der Waals surface area (Å²) in [7, 11) is 0. The lowest BCUT2D eigenvalue weighted by Gasteiger charge is -2.36. The zero-order valence-electron chi connectivity index (χ0n) is 16.3. The van der Waals surface area contributed by atoms with Crippen LogP contribution in [0.3, 0.4) is 0 Å². The van der Waals surface area contributed by atoms with Gasteiger partial charge in [-0.3, -0.25) is 14.5 Å². The number of rotatable bonds is 5. The van der Waals surface area contributed by atoms with Crippen molar-refractivity contribution < 1.29 is 19.5 Å². The molecule has 4 rings (SSSR count). The number of carbonyl (C=O) groups is 3. The van der Waals surface area contributed by atoms with Crippen LogP contribution in [-0.2, 0) is 11.2 Å². The molecule has 0 aromatic heterocycles. The first-order valence-corrected chi connectivity index (χ1v) is 9.47. The third-order valence-corrected chi connectivity index (χ3v) is 5.53. The Balaban J connectivity index is 1.70. The van der Waals surface area contributed by atoms with Crippen LogP contribution < -0.4 is 0 Å². The van der Waals surface area contributed by atoms with Gasteiger partial charge >= 0.3 is 5.97 Å². The molecule has 5 nitrogen and oxygen atoms in total. The van der Waals surface area contributed by atoms with E-state index in [1.165, 1.54) is 0 Å². The smallest absolute Gasteiger partial charge is 0.327 e. The highest BCUT2D eigenvalue weighted by molar-refractivity contribution is 6.22. The largest absolute Gasteiger partial charge is 0.480 e. The molecule has 1 N–H and O–H groups in total. The average molecular weight is 387 g/mol. The molecule has 2 amide bonds. The Bertz CT molecular complexity index is 1110. The van der Waals surface area contributed by atoms with Crippen LogP contribution in [0.4, 0.5) is 0 Å². The minimum absolute atomic E-state index is 0.255. The predicted octanol–water partition coefficient (Wildman–Crippen LogP) is 4.16. The van der Waals surface area contributed by atoms with E-state index in [0.717, 1.165) is 21.2 Å². The summed E-state index contributed by atoms with van der Waals surface area (Å²) in [5.41, 5.74) is 0.592. The zero-order chi connectivity index (χ0) is 20.8. The summed E-state index contributed by atoms with van der Waals surface area (Å²) in [5.74, 6) is -2.29. The van der Waals surface area contributed by atoms with E-state index in [0.29, 0.717) is 6.42 Å². The molecule has 0 spiro atoms. The summed E-state index contributed by atoms with van der Waals surface area (Å²) in [6.45, 7) is 3.56. The highest BCUT2D eigenvalue weighted by Crippen LogP contribution is 2.35. The number of imide groups is 1. The van der Waals surface area contributed by atoms with Gasteiger partial charge in [0, 0.05) is 5.41 Å². The summed E-state index contributed by atoms with van der Waals surface area (Å²) in [4.78, 5) is 38.9. The van der Waals surface area contributed by atoms with Crippen molar-refractivity contribution in [3.8, 4) is 0 Å². The van der Waals surface area contributed by atoms with E-state index in [2.05, 4.69) is 0 Å². The van der Waals surface area contributed by atoms with Crippen molar-refractivity contribution in [3.05, 3.63) is 83.4 Å². The fraction of sp³-hybridized carbons (Fsp3) is 0.208. The van der Waals surface area contributed by atoms with E-state index < -0.39 is 29.2 Å². The van der Waals surface area contributed by atoms with Gasteiger partial charge in [-0.1, -0.05) is 68.4 Å². The third kappa shape index (κ3) is 3.18. The number of aliphatic carboxylic acids is 1. The summed E-state index contributed by atoms with van der Waals surface area (Å²) in [6.07, 6.45) is 0.405. The molecule has 0 radical (unpaired) electrons. The van der Waals surface area contributed by atoms with Gasteiger partial charge in [0.05, 0.1) is 11.1 Å². The van der Waals surface area contributed by atoms with E-state index in [4.69, 9.17) is 0 Å². The lowest BCUT2D eigenvalue weighted by Crippen LogP contribution is -2.53. The highest BCUT2D eigenvalue weighted by Gasteiger charge is 2.49. The number of carboxylic acids is 1. The van der Waals surface area contributed by atoms with E-state index in [-0.39, 0.29) is 11.1 Å². The van der Waals surface area contributed by atoms with E-state index >= 15 is 0 Å². The number of amides is 2. The molecule has 146 valence electrons. The molecule has 0 unspecified atom stereocenters. The standard InChI is InChI=1S/C24H21NO4/c1-24(2,14-15-11-12-16-7-3-4-8-17(16)13-15)20(23(28)29)25-21(26)18-9-5-6-10-19(18)22(25)27/h3-13,20H,14H2,1-2H3,(H,28,29)/t20-/m1/s1. The normalized spacial score (nSPS) is 14.9. The van der Waals surface area contributed by atoms with E-state index in [9.17, 15) is 19.5 Å². The fourth-order valence-corrected chi connectivity index (χ4v) is 4.21. The lowest BCUT2D eigenvalue weighted by molar-refractivity contribution is -0.145. The molecule has 0 saturated heterocycles. The molecule has 29 heavy (non-hydrogen) atoms. The second-order valence-corrected chi connectivity index (χ2v) is 8.11. The van der Waals surface area contributed by atoms with Gasteiger partial charge in [0.15, 0.2) is 0 Å². The van der Waals surface area contributed by atoms with Gasteiger partial charge in [-0.15, -0.1) is 0 Å². The van der Waals surface area contributed by atoms with Crippen molar-refractivity contribution in [2.24, 2.45) is 5.41 Å². The monoisotopic (exact) mass is 387 g/mol. The van der Waals surface area contributed by atoms with Crippen LogP contribution in [0.5, 0.6) is 0 Å². The molecule has 0 fully saturated rings. The van der Waals surface area contributed by atoms with Crippen molar-refractivity contribution in [2.45, 2.75) is 26.3 Å². The molecular formula is C24H21NO4. The average Bonchev–Trinajstić information content (AvgIpc) is 2.93. The first-order valence-electron chi connectivity index (χ1n) is 9.47. The molecule has 5 heteroatoms. The SMILES string of the molecule is CC(C)(Cc1ccc2ccccc2c1)[C@@H](C(=O)O)N1C(=O)c2ccccc2C1=O. The molecule has 1 heterocycles. The number of carbonyl (C=O) groups excluding carboxylic acids is 2. The minimum atomic E-state index is -1.28. The number of carboxylic acid groups (broad SMARTS) is 1. The van der Waals surface area contributed by atoms with Crippen LogP contribution in [0.15, 0.2) is 66.7 Å². The van der Waals surface area contributed by atoms with Gasteiger partial charge in [-0.25, -0.2) is 4.79 Å². The van der Waals surface area contributed by atoms with Gasteiger partial charge in [0.25, 0.3) is 11.8 Å². The summed E-state index contributed by atoms with van der Waals surface area (Å²) in [6, 6.07) is 19.1. The van der Waals surface area contributed by atoms with Crippen molar-refractivity contribution in [3.63, 3.8) is 0 Å². The number of nitrogens with zero attached hydrogens (tertiary/aromatic N) is 1. The number of hydrogen-bond donors (Lipinski definition) is 1. The zero-order valence-corrected chi connectivity index (χ0v) is 16.3.